The number of benzene rings is 7. The number of rotatable bonds is 6. The zero-order chi connectivity index (χ0) is 33.7. The Kier molecular flexibility index (Phi) is 7.18. The minimum atomic E-state index is 0.253. The number of nitrogens with one attached hydrogen (secondary N) is 1. The topological polar surface area (TPSA) is 15.3 Å². The quantitative estimate of drug-likeness (QED) is 0.189. The summed E-state index contributed by atoms with van der Waals surface area (Å²) in [5.74, 6) is 0.306. The van der Waals surface area contributed by atoms with E-state index in [-0.39, 0.29) is 6.04 Å². The number of fused-ring (bicyclic) bond motifs is 7. The average molecular weight is 671 g/mol. The van der Waals surface area contributed by atoms with E-state index in [1.165, 1.54) is 65.2 Å². The van der Waals surface area contributed by atoms with Gasteiger partial charge in [0.2, 0.25) is 0 Å². The Bertz CT molecular complexity index is 2530. The Morgan fingerprint density at radius 1 is 0.471 bits per heavy atom. The molecule has 51 heavy (non-hydrogen) atoms. The van der Waals surface area contributed by atoms with Gasteiger partial charge in [-0.3, -0.25) is 0 Å². The van der Waals surface area contributed by atoms with Gasteiger partial charge in [0, 0.05) is 43.6 Å². The van der Waals surface area contributed by atoms with Crippen LogP contribution in [0.15, 0.2) is 182 Å². The highest BCUT2D eigenvalue weighted by Gasteiger charge is 2.37. The van der Waals surface area contributed by atoms with Crippen LogP contribution in [0.3, 0.4) is 0 Å². The lowest BCUT2D eigenvalue weighted by Crippen LogP contribution is -2.12. The molecule has 0 amide bonds. The maximum atomic E-state index is 3.91. The van der Waals surface area contributed by atoms with Crippen LogP contribution in [-0.4, -0.2) is 0 Å². The predicted octanol–water partition coefficient (Wildman–Crippen LogP) is 13.6. The van der Waals surface area contributed by atoms with E-state index in [9.17, 15) is 0 Å². The number of para-hydroxylation sites is 1. The molecule has 2 unspecified atom stereocenters. The van der Waals surface area contributed by atoms with Crippen molar-refractivity contribution in [2.24, 2.45) is 0 Å². The van der Waals surface area contributed by atoms with Crippen LogP contribution < -0.4 is 10.2 Å². The summed E-state index contributed by atoms with van der Waals surface area (Å²) < 4.78 is 1.35. The van der Waals surface area contributed by atoms with Crippen molar-refractivity contribution < 1.29 is 0 Å². The Morgan fingerprint density at radius 3 is 1.65 bits per heavy atom. The molecule has 1 aliphatic carbocycles. The van der Waals surface area contributed by atoms with Crippen molar-refractivity contribution in [1.82, 2.24) is 0 Å². The van der Waals surface area contributed by atoms with Crippen molar-refractivity contribution in [2.75, 3.05) is 10.2 Å². The van der Waals surface area contributed by atoms with E-state index >= 15 is 0 Å². The molecular formula is C48H34N2S. The second-order valence-electron chi connectivity index (χ2n) is 13.4. The van der Waals surface area contributed by atoms with Crippen molar-refractivity contribution in [3.05, 3.63) is 198 Å². The van der Waals surface area contributed by atoms with Crippen LogP contribution in [0.4, 0.5) is 22.7 Å². The molecule has 3 heteroatoms. The standard InChI is InChI=1S/C48H34N2S/c1-4-10-32(11-5-1)34-16-22-39(23-17-34)50(38-14-8-3-9-15-38)40-24-18-35(19-25-40)36-20-28-45-43(30-36)41-26-27-42-44-31-37(33-12-6-2-7-13-33)21-29-46(44)51-48(42)47(41)49-45/h1-31,41,47,49H. The highest BCUT2D eigenvalue weighted by Crippen LogP contribution is 2.53. The zero-order valence-corrected chi connectivity index (χ0v) is 28.7. The van der Waals surface area contributed by atoms with Gasteiger partial charge < -0.3 is 10.2 Å². The SMILES string of the molecule is C1=CC2c3cc(-c4ccc(N(c5ccccc5)c5ccc(-c6ccccc6)cc5)cc4)ccc3NC2c2sc3ccc(-c4ccccc4)cc3c21. The van der Waals surface area contributed by atoms with E-state index in [1.54, 1.807) is 0 Å². The normalized spacial score (nSPS) is 15.5. The molecular weight excluding hydrogens is 637 g/mol. The van der Waals surface area contributed by atoms with E-state index in [1.807, 2.05) is 11.3 Å². The molecule has 0 saturated heterocycles. The first-order valence-corrected chi connectivity index (χ1v) is 18.4. The van der Waals surface area contributed by atoms with Gasteiger partial charge in [-0.05, 0) is 105 Å². The number of thiophene rings is 1. The molecule has 0 spiro atoms. The van der Waals surface area contributed by atoms with Crippen LogP contribution in [0.1, 0.15) is 28.0 Å². The smallest absolute Gasteiger partial charge is 0.0717 e. The number of anilines is 4. The Labute approximate surface area is 302 Å². The van der Waals surface area contributed by atoms with Crippen LogP contribution >= 0.6 is 11.3 Å². The summed E-state index contributed by atoms with van der Waals surface area (Å²) >= 11 is 1.93. The molecule has 1 aliphatic heterocycles. The van der Waals surface area contributed by atoms with Gasteiger partial charge in [-0.1, -0.05) is 127 Å². The van der Waals surface area contributed by atoms with Gasteiger partial charge in [-0.2, -0.15) is 0 Å². The highest BCUT2D eigenvalue weighted by molar-refractivity contribution is 7.19. The van der Waals surface area contributed by atoms with Crippen LogP contribution in [0.5, 0.6) is 0 Å². The minimum Gasteiger partial charge on any atom is -0.376 e. The van der Waals surface area contributed by atoms with E-state index < -0.39 is 0 Å². The van der Waals surface area contributed by atoms with Gasteiger partial charge in [0.25, 0.3) is 0 Å². The van der Waals surface area contributed by atoms with Gasteiger partial charge in [-0.15, -0.1) is 11.3 Å². The minimum absolute atomic E-state index is 0.253. The summed E-state index contributed by atoms with van der Waals surface area (Å²) in [6.45, 7) is 0. The molecule has 2 aliphatic rings. The van der Waals surface area contributed by atoms with Crippen molar-refractivity contribution in [3.63, 3.8) is 0 Å². The summed E-state index contributed by atoms with van der Waals surface area (Å²) in [6, 6.07) is 63.8. The molecule has 8 aromatic rings. The molecule has 1 aromatic heterocycles. The van der Waals surface area contributed by atoms with Crippen LogP contribution in [-0.2, 0) is 0 Å². The van der Waals surface area contributed by atoms with Gasteiger partial charge in [0.1, 0.15) is 0 Å². The van der Waals surface area contributed by atoms with Gasteiger partial charge in [0.05, 0.1) is 6.04 Å². The summed E-state index contributed by atoms with van der Waals surface area (Å²) in [5.41, 5.74) is 14.8. The van der Waals surface area contributed by atoms with Gasteiger partial charge >= 0.3 is 0 Å². The molecule has 7 aromatic carbocycles. The summed E-state index contributed by atoms with van der Waals surface area (Å²) in [4.78, 5) is 3.76. The Balaban J connectivity index is 0.946. The average Bonchev–Trinajstić information content (AvgIpc) is 3.78. The fourth-order valence-corrected chi connectivity index (χ4v) is 9.11. The van der Waals surface area contributed by atoms with Crippen LogP contribution in [0.25, 0.3) is 49.5 Å². The van der Waals surface area contributed by atoms with Gasteiger partial charge in [-0.25, -0.2) is 0 Å². The molecule has 2 nitrogen and oxygen atoms in total. The largest absolute Gasteiger partial charge is 0.376 e. The Hall–Kier alpha value is -6.16. The first-order chi connectivity index (χ1) is 25.3. The summed E-state index contributed by atoms with van der Waals surface area (Å²) in [7, 11) is 0. The lowest BCUT2D eigenvalue weighted by molar-refractivity contribution is 0.742. The fraction of sp³-hybridized carbons (Fsp3) is 0.0417. The lowest BCUT2D eigenvalue weighted by Gasteiger charge is -2.26. The molecule has 1 N–H and O–H groups in total. The molecule has 10 rings (SSSR count). The van der Waals surface area contributed by atoms with Crippen molar-refractivity contribution in [2.45, 2.75) is 12.0 Å². The second-order valence-corrected chi connectivity index (χ2v) is 14.5. The van der Waals surface area contributed by atoms with E-state index in [2.05, 4.69) is 198 Å². The Morgan fingerprint density at radius 2 is 0.980 bits per heavy atom. The third-order valence-electron chi connectivity index (χ3n) is 10.4. The monoisotopic (exact) mass is 670 g/mol. The van der Waals surface area contributed by atoms with E-state index in [0.717, 1.165) is 17.1 Å². The maximum absolute atomic E-state index is 3.91. The van der Waals surface area contributed by atoms with E-state index in [4.69, 9.17) is 0 Å². The third-order valence-corrected chi connectivity index (χ3v) is 11.7. The summed E-state index contributed by atoms with van der Waals surface area (Å²) in [6.07, 6.45) is 4.79. The van der Waals surface area contributed by atoms with Crippen molar-refractivity contribution in [1.29, 1.82) is 0 Å². The first kappa shape index (κ1) is 29.7. The molecule has 0 bridgehead atoms. The van der Waals surface area contributed by atoms with Crippen molar-refractivity contribution in [3.8, 4) is 33.4 Å². The van der Waals surface area contributed by atoms with Gasteiger partial charge in [0.15, 0.2) is 0 Å². The van der Waals surface area contributed by atoms with Crippen molar-refractivity contribution >= 4 is 50.2 Å². The molecule has 242 valence electrons. The predicted molar refractivity (Wildman–Crippen MR) is 217 cm³/mol. The number of hydrogen-bond donors (Lipinski definition) is 1. The van der Waals surface area contributed by atoms with Crippen LogP contribution in [0, 0.1) is 0 Å². The molecule has 0 saturated carbocycles. The first-order valence-electron chi connectivity index (χ1n) is 17.6. The number of nitrogens with zero attached hydrogens (tertiary/aromatic N) is 1. The molecule has 2 atom stereocenters. The maximum Gasteiger partial charge on any atom is 0.0717 e. The molecule has 0 radical (unpaired) electrons. The third kappa shape index (κ3) is 5.26. The second kappa shape index (κ2) is 12.3. The summed E-state index contributed by atoms with van der Waals surface area (Å²) in [5, 5.41) is 5.25. The fourth-order valence-electron chi connectivity index (χ4n) is 7.84. The highest BCUT2D eigenvalue weighted by atomic mass is 32.1. The number of hydrogen-bond acceptors (Lipinski definition) is 3. The lowest BCUT2D eigenvalue weighted by atomic mass is 9.86. The van der Waals surface area contributed by atoms with E-state index in [0.29, 0.717) is 5.92 Å². The molecule has 2 heterocycles. The molecule has 0 fully saturated rings. The van der Waals surface area contributed by atoms with Crippen LogP contribution in [0.2, 0.25) is 0 Å². The zero-order valence-electron chi connectivity index (χ0n) is 27.9.